The van der Waals surface area contributed by atoms with Gasteiger partial charge in [0.15, 0.2) is 0 Å². The zero-order valence-electron chi connectivity index (χ0n) is 35.0. The van der Waals surface area contributed by atoms with Gasteiger partial charge in [-0.15, -0.1) is 0 Å². The molecular weight excluding hydrogens is 973 g/mol. The van der Waals surface area contributed by atoms with E-state index < -0.39 is 0 Å². The molecule has 0 spiro atoms. The number of pyridine rings is 6. The summed E-state index contributed by atoms with van der Waals surface area (Å²) in [5.41, 5.74) is 8.20. The van der Waals surface area contributed by atoms with Crippen molar-refractivity contribution in [3.8, 4) is 22.5 Å². The van der Waals surface area contributed by atoms with Crippen LogP contribution >= 0.6 is 69.6 Å². The van der Waals surface area contributed by atoms with Gasteiger partial charge in [0.1, 0.15) is 33.6 Å². The molecular formula is C50H32Cl6F4N6. The summed E-state index contributed by atoms with van der Waals surface area (Å²) in [5.74, 6) is -1.39. The van der Waals surface area contributed by atoms with Crippen molar-refractivity contribution in [3.05, 3.63) is 198 Å². The van der Waals surface area contributed by atoms with Gasteiger partial charge in [-0.1, -0.05) is 81.7 Å². The lowest BCUT2D eigenvalue weighted by Crippen LogP contribution is -1.94. The summed E-state index contributed by atoms with van der Waals surface area (Å²) in [7, 11) is 0. The van der Waals surface area contributed by atoms with E-state index in [2.05, 4.69) is 29.9 Å². The van der Waals surface area contributed by atoms with E-state index in [9.17, 15) is 17.6 Å². The van der Waals surface area contributed by atoms with Crippen molar-refractivity contribution in [2.24, 2.45) is 0 Å². The highest BCUT2D eigenvalue weighted by Crippen LogP contribution is 2.36. The number of hydrogen-bond acceptors (Lipinski definition) is 6. The molecule has 0 aliphatic carbocycles. The topological polar surface area (TPSA) is 77.3 Å². The Labute approximate surface area is 406 Å². The molecule has 66 heavy (non-hydrogen) atoms. The van der Waals surface area contributed by atoms with Crippen LogP contribution in [0.4, 0.5) is 17.6 Å². The molecule has 332 valence electrons. The largest absolute Gasteiger partial charge is 0.264 e. The molecule has 16 heteroatoms. The van der Waals surface area contributed by atoms with Crippen LogP contribution in [-0.2, 0) is 0 Å². The van der Waals surface area contributed by atoms with E-state index in [4.69, 9.17) is 69.6 Å². The van der Waals surface area contributed by atoms with Crippen LogP contribution in [-0.4, -0.2) is 29.9 Å². The smallest absolute Gasteiger partial charge is 0.134 e. The Morgan fingerprint density at radius 3 is 1.27 bits per heavy atom. The standard InChI is InChI=1S/2C15H10ClFN2.2C10H6Cl2FN/c1-9-14(16)13-11(17)5-2-6-12(13)19-15(9)10-4-3-7-18-8-10;1-9-14(16)12-5-4-11(17)7-13(12)19-15(9)10-3-2-6-18-8-10;1-5-9(11)7-3-2-6(13)4-8(7)14-10(5)12;1-5-9(11)8-6(13)3-2-4-7(8)14-10(5)12/h2*2-8H,1H3;2*2-4H,1H3. The van der Waals surface area contributed by atoms with E-state index in [0.29, 0.717) is 74.4 Å². The Morgan fingerprint density at radius 1 is 0.394 bits per heavy atom. The maximum absolute atomic E-state index is 13.8. The van der Waals surface area contributed by atoms with Crippen molar-refractivity contribution in [2.45, 2.75) is 27.7 Å². The minimum absolute atomic E-state index is 0.313. The van der Waals surface area contributed by atoms with Crippen LogP contribution in [0.5, 0.6) is 0 Å². The molecule has 0 aliphatic heterocycles. The van der Waals surface area contributed by atoms with Gasteiger partial charge in [0.25, 0.3) is 0 Å². The van der Waals surface area contributed by atoms with E-state index in [0.717, 1.165) is 44.4 Å². The van der Waals surface area contributed by atoms with Crippen LogP contribution in [0.25, 0.3) is 66.1 Å². The van der Waals surface area contributed by atoms with E-state index in [-0.39, 0.29) is 23.3 Å². The first-order valence-corrected chi connectivity index (χ1v) is 21.9. The molecule has 4 aromatic carbocycles. The number of aromatic nitrogens is 6. The van der Waals surface area contributed by atoms with Crippen LogP contribution in [0.3, 0.4) is 0 Å². The lowest BCUT2D eigenvalue weighted by atomic mass is 10.1. The van der Waals surface area contributed by atoms with Crippen LogP contribution in [0.15, 0.2) is 122 Å². The van der Waals surface area contributed by atoms with Gasteiger partial charge in [0.05, 0.1) is 64.3 Å². The fourth-order valence-electron chi connectivity index (χ4n) is 6.74. The summed E-state index contributed by atoms with van der Waals surface area (Å²) in [6.07, 6.45) is 6.83. The summed E-state index contributed by atoms with van der Waals surface area (Å²) in [5, 5.41) is 4.67. The molecule has 0 aliphatic rings. The lowest BCUT2D eigenvalue weighted by molar-refractivity contribution is 0.629. The maximum Gasteiger partial charge on any atom is 0.134 e. The third kappa shape index (κ3) is 10.3. The van der Waals surface area contributed by atoms with E-state index in [1.807, 2.05) is 38.1 Å². The Hall–Kier alpha value is -5.72. The highest BCUT2D eigenvalue weighted by atomic mass is 35.5. The first-order chi connectivity index (χ1) is 31.5. The predicted molar refractivity (Wildman–Crippen MR) is 262 cm³/mol. The number of rotatable bonds is 2. The van der Waals surface area contributed by atoms with Crippen molar-refractivity contribution >= 4 is 113 Å². The van der Waals surface area contributed by atoms with Gasteiger partial charge in [-0.25, -0.2) is 37.5 Å². The third-order valence-electron chi connectivity index (χ3n) is 10.2. The fourth-order valence-corrected chi connectivity index (χ4v) is 8.26. The summed E-state index contributed by atoms with van der Waals surface area (Å²) in [6, 6.07) is 25.5. The SMILES string of the molecule is Cc1c(-c2cccnc2)nc2cc(F)ccc2c1Cl.Cc1c(-c2cccnc2)nc2cccc(F)c2c1Cl.Cc1c(Cl)nc2cc(F)ccc2c1Cl.Cc1c(Cl)nc2cccc(F)c2c1Cl. The molecule has 6 aromatic heterocycles. The molecule has 0 N–H and O–H groups in total. The first-order valence-electron chi connectivity index (χ1n) is 19.7. The summed E-state index contributed by atoms with van der Waals surface area (Å²) in [6.45, 7) is 7.23. The molecule has 0 fully saturated rings. The molecule has 0 saturated heterocycles. The predicted octanol–water partition coefficient (Wildman–Crippen LogP) is 16.8. The van der Waals surface area contributed by atoms with Gasteiger partial charge in [-0.3, -0.25) is 9.97 Å². The minimum Gasteiger partial charge on any atom is -0.264 e. The van der Waals surface area contributed by atoms with Crippen molar-refractivity contribution in [1.82, 2.24) is 29.9 Å². The second-order valence-corrected chi connectivity index (χ2v) is 16.8. The molecule has 0 atom stereocenters. The number of fused-ring (bicyclic) bond motifs is 4. The van der Waals surface area contributed by atoms with Gasteiger partial charge in [-0.05, 0) is 112 Å². The molecule has 0 saturated carbocycles. The monoisotopic (exact) mass is 1000 g/mol. The quantitative estimate of drug-likeness (QED) is 0.127. The first kappa shape index (κ1) is 48.2. The molecule has 0 amide bonds. The molecule has 0 bridgehead atoms. The van der Waals surface area contributed by atoms with Crippen molar-refractivity contribution in [3.63, 3.8) is 0 Å². The minimum atomic E-state index is -0.375. The number of halogens is 10. The Bertz CT molecular complexity index is 3380. The molecule has 6 nitrogen and oxygen atoms in total. The Kier molecular flexibility index (Phi) is 15.2. The van der Waals surface area contributed by atoms with E-state index in [1.165, 1.54) is 36.4 Å². The zero-order valence-corrected chi connectivity index (χ0v) is 39.5. The maximum atomic E-state index is 13.8. The molecule has 10 rings (SSSR count). The Balaban J connectivity index is 0.000000132. The third-order valence-corrected chi connectivity index (χ3v) is 12.9. The summed E-state index contributed by atoms with van der Waals surface area (Å²) < 4.78 is 53.4. The van der Waals surface area contributed by atoms with Gasteiger partial charge < -0.3 is 0 Å². The number of hydrogen-bond donors (Lipinski definition) is 0. The molecule has 0 radical (unpaired) electrons. The van der Waals surface area contributed by atoms with E-state index in [1.54, 1.807) is 75.0 Å². The number of benzene rings is 4. The average molecular weight is 1010 g/mol. The number of nitrogens with zero attached hydrogens (tertiary/aromatic N) is 6. The normalized spacial score (nSPS) is 10.9. The van der Waals surface area contributed by atoms with Gasteiger partial charge in [-0.2, -0.15) is 0 Å². The van der Waals surface area contributed by atoms with E-state index >= 15 is 0 Å². The van der Waals surface area contributed by atoms with Gasteiger partial charge >= 0.3 is 0 Å². The second-order valence-electron chi connectivity index (χ2n) is 14.6. The van der Waals surface area contributed by atoms with Crippen molar-refractivity contribution in [2.75, 3.05) is 0 Å². The average Bonchev–Trinajstić information content (AvgIpc) is 3.31. The fraction of sp³-hybridized carbons (Fsp3) is 0.0800. The second kappa shape index (κ2) is 20.8. The lowest BCUT2D eigenvalue weighted by Gasteiger charge is -2.10. The molecule has 10 aromatic rings. The van der Waals surface area contributed by atoms with Crippen LogP contribution in [0.2, 0.25) is 30.4 Å². The summed E-state index contributed by atoms with van der Waals surface area (Å²) >= 11 is 36.3. The van der Waals surface area contributed by atoms with Crippen molar-refractivity contribution in [1.29, 1.82) is 0 Å². The van der Waals surface area contributed by atoms with Crippen LogP contribution < -0.4 is 0 Å². The van der Waals surface area contributed by atoms with Crippen LogP contribution in [0.1, 0.15) is 22.3 Å². The summed E-state index contributed by atoms with van der Waals surface area (Å²) in [4.78, 5) is 25.2. The molecule has 0 unspecified atom stereocenters. The zero-order chi connectivity index (χ0) is 47.4. The highest BCUT2D eigenvalue weighted by Gasteiger charge is 2.16. The molecule has 6 heterocycles. The van der Waals surface area contributed by atoms with Crippen LogP contribution in [0, 0.1) is 51.0 Å². The van der Waals surface area contributed by atoms with Gasteiger partial charge in [0.2, 0.25) is 0 Å². The van der Waals surface area contributed by atoms with Crippen molar-refractivity contribution < 1.29 is 17.6 Å². The van der Waals surface area contributed by atoms with Gasteiger partial charge in [0, 0.05) is 69.9 Å². The highest BCUT2D eigenvalue weighted by molar-refractivity contribution is 6.40. The Morgan fingerprint density at radius 2 is 0.788 bits per heavy atom.